The largest absolute Gasteiger partial charge is 0.494 e. The highest BCUT2D eigenvalue weighted by atomic mass is 16.5. The molecular formula is C19H22N2O4. The summed E-state index contributed by atoms with van der Waals surface area (Å²) in [6, 6.07) is 9.47. The van der Waals surface area contributed by atoms with E-state index in [0.717, 1.165) is 33.9 Å². The number of ether oxygens (including phenoxy) is 4. The molecule has 0 aliphatic rings. The summed E-state index contributed by atoms with van der Waals surface area (Å²) >= 11 is 0. The topological polar surface area (TPSA) is 65.6 Å². The van der Waals surface area contributed by atoms with E-state index in [2.05, 4.69) is 9.97 Å². The van der Waals surface area contributed by atoms with Crippen LogP contribution in [0, 0.1) is 0 Å². The number of rotatable bonds is 7. The molecule has 1 heterocycles. The molecule has 3 rings (SSSR count). The van der Waals surface area contributed by atoms with Gasteiger partial charge in [-0.05, 0) is 26.0 Å². The van der Waals surface area contributed by atoms with Crippen molar-refractivity contribution >= 4 is 11.0 Å². The molecule has 2 aromatic carbocycles. The summed E-state index contributed by atoms with van der Waals surface area (Å²) in [4.78, 5) is 7.99. The molecule has 0 saturated carbocycles. The van der Waals surface area contributed by atoms with Gasteiger partial charge in [0.2, 0.25) is 0 Å². The first-order valence-corrected chi connectivity index (χ1v) is 8.21. The van der Waals surface area contributed by atoms with Crippen LogP contribution in [0.25, 0.3) is 22.4 Å². The van der Waals surface area contributed by atoms with Gasteiger partial charge in [0.15, 0.2) is 11.5 Å². The lowest BCUT2D eigenvalue weighted by atomic mass is 10.2. The Bertz CT molecular complexity index is 832. The Balaban J connectivity index is 2.09. The fraction of sp³-hybridized carbons (Fsp3) is 0.316. The molecule has 6 heteroatoms. The highest BCUT2D eigenvalue weighted by molar-refractivity contribution is 5.84. The molecule has 0 saturated heterocycles. The normalized spacial score (nSPS) is 10.7. The van der Waals surface area contributed by atoms with Gasteiger partial charge in [-0.25, -0.2) is 4.98 Å². The van der Waals surface area contributed by atoms with Gasteiger partial charge in [-0.15, -0.1) is 0 Å². The number of H-pyrrole nitrogens is 1. The Morgan fingerprint density at radius 3 is 2.28 bits per heavy atom. The van der Waals surface area contributed by atoms with Crippen molar-refractivity contribution in [3.05, 3.63) is 30.3 Å². The first-order valence-electron chi connectivity index (χ1n) is 8.21. The second kappa shape index (κ2) is 7.34. The van der Waals surface area contributed by atoms with Crippen molar-refractivity contribution in [2.24, 2.45) is 0 Å². The lowest BCUT2D eigenvalue weighted by molar-refractivity contribution is 0.324. The average Bonchev–Trinajstić information content (AvgIpc) is 3.03. The summed E-state index contributed by atoms with van der Waals surface area (Å²) in [5.41, 5.74) is 2.53. The molecule has 1 N–H and O–H groups in total. The van der Waals surface area contributed by atoms with E-state index >= 15 is 0 Å². The fourth-order valence-electron chi connectivity index (χ4n) is 2.69. The van der Waals surface area contributed by atoms with Gasteiger partial charge in [0.05, 0.1) is 44.0 Å². The molecule has 0 fully saturated rings. The predicted molar refractivity (Wildman–Crippen MR) is 97.0 cm³/mol. The lowest BCUT2D eigenvalue weighted by Gasteiger charge is -2.11. The zero-order valence-corrected chi connectivity index (χ0v) is 14.9. The van der Waals surface area contributed by atoms with E-state index in [4.69, 9.17) is 18.9 Å². The summed E-state index contributed by atoms with van der Waals surface area (Å²) in [6.45, 7) is 5.07. The van der Waals surface area contributed by atoms with Crippen LogP contribution in [-0.4, -0.2) is 37.4 Å². The van der Waals surface area contributed by atoms with Crippen LogP contribution in [0.5, 0.6) is 23.0 Å². The molecule has 0 radical (unpaired) electrons. The van der Waals surface area contributed by atoms with Crippen molar-refractivity contribution < 1.29 is 18.9 Å². The molecule has 0 aliphatic carbocycles. The molecule has 1 aromatic heterocycles. The first-order chi connectivity index (χ1) is 12.2. The second-order valence-corrected chi connectivity index (χ2v) is 5.33. The lowest BCUT2D eigenvalue weighted by Crippen LogP contribution is -1.97. The van der Waals surface area contributed by atoms with Crippen LogP contribution in [0.1, 0.15) is 13.8 Å². The minimum Gasteiger partial charge on any atom is -0.494 e. The van der Waals surface area contributed by atoms with Gasteiger partial charge in [-0.3, -0.25) is 0 Å². The van der Waals surface area contributed by atoms with Crippen LogP contribution >= 0.6 is 0 Å². The number of methoxy groups -OCH3 is 2. The van der Waals surface area contributed by atoms with Crippen molar-refractivity contribution in [1.82, 2.24) is 9.97 Å². The van der Waals surface area contributed by atoms with Crippen LogP contribution < -0.4 is 18.9 Å². The average molecular weight is 342 g/mol. The van der Waals surface area contributed by atoms with Crippen LogP contribution in [0.3, 0.4) is 0 Å². The molecule has 0 atom stereocenters. The number of aromatic nitrogens is 2. The maximum atomic E-state index is 5.77. The number of imidazole rings is 1. The van der Waals surface area contributed by atoms with E-state index in [-0.39, 0.29) is 0 Å². The van der Waals surface area contributed by atoms with Gasteiger partial charge >= 0.3 is 0 Å². The third kappa shape index (κ3) is 3.33. The van der Waals surface area contributed by atoms with E-state index in [1.165, 1.54) is 0 Å². The smallest absolute Gasteiger partial charge is 0.163 e. The van der Waals surface area contributed by atoms with Crippen molar-refractivity contribution in [3.63, 3.8) is 0 Å². The molecular weight excluding hydrogens is 320 g/mol. The van der Waals surface area contributed by atoms with Crippen LogP contribution in [0.4, 0.5) is 0 Å². The molecule has 25 heavy (non-hydrogen) atoms. The fourth-order valence-corrected chi connectivity index (χ4v) is 2.69. The van der Waals surface area contributed by atoms with E-state index in [1.807, 2.05) is 44.2 Å². The van der Waals surface area contributed by atoms with E-state index < -0.39 is 0 Å². The highest BCUT2D eigenvalue weighted by Gasteiger charge is 2.15. The number of aromatic amines is 1. The first kappa shape index (κ1) is 17.0. The molecule has 0 unspecified atom stereocenters. The van der Waals surface area contributed by atoms with Gasteiger partial charge < -0.3 is 23.9 Å². The van der Waals surface area contributed by atoms with Crippen molar-refractivity contribution in [1.29, 1.82) is 0 Å². The van der Waals surface area contributed by atoms with E-state index in [9.17, 15) is 0 Å². The number of benzene rings is 2. The minimum absolute atomic E-state index is 0.560. The Kier molecular flexibility index (Phi) is 4.97. The number of nitrogens with one attached hydrogen (secondary N) is 1. The van der Waals surface area contributed by atoms with Crippen molar-refractivity contribution in [3.8, 4) is 34.4 Å². The predicted octanol–water partition coefficient (Wildman–Crippen LogP) is 4.04. The molecule has 0 spiro atoms. The summed E-state index contributed by atoms with van der Waals surface area (Å²) in [6.07, 6.45) is 0. The molecule has 132 valence electrons. The standard InChI is InChI=1S/C19H22N2O4/c1-5-24-12-7-8-13(16(9-12)25-6-2)19-20-14-10-17(22-3)18(23-4)11-15(14)21-19/h7-11H,5-6H2,1-4H3,(H,20,21). The van der Waals surface area contributed by atoms with Gasteiger partial charge in [-0.2, -0.15) is 0 Å². The third-order valence-corrected chi connectivity index (χ3v) is 3.81. The second-order valence-electron chi connectivity index (χ2n) is 5.33. The molecule has 6 nitrogen and oxygen atoms in total. The Labute approximate surface area is 146 Å². The van der Waals surface area contributed by atoms with Gasteiger partial charge in [0.1, 0.15) is 17.3 Å². The van der Waals surface area contributed by atoms with Gasteiger partial charge in [0, 0.05) is 18.2 Å². The zero-order chi connectivity index (χ0) is 17.8. The molecule has 0 bridgehead atoms. The van der Waals surface area contributed by atoms with Gasteiger partial charge in [0.25, 0.3) is 0 Å². The van der Waals surface area contributed by atoms with Crippen molar-refractivity contribution in [2.75, 3.05) is 27.4 Å². The monoisotopic (exact) mass is 342 g/mol. The van der Waals surface area contributed by atoms with Crippen LogP contribution in [0.15, 0.2) is 30.3 Å². The quantitative estimate of drug-likeness (QED) is 0.702. The summed E-state index contributed by atoms with van der Waals surface area (Å²) in [7, 11) is 3.22. The van der Waals surface area contributed by atoms with Crippen molar-refractivity contribution in [2.45, 2.75) is 13.8 Å². The number of nitrogens with zero attached hydrogens (tertiary/aromatic N) is 1. The summed E-state index contributed by atoms with van der Waals surface area (Å²) in [5.74, 6) is 3.52. The zero-order valence-electron chi connectivity index (χ0n) is 14.9. The molecule has 3 aromatic rings. The van der Waals surface area contributed by atoms with Gasteiger partial charge in [-0.1, -0.05) is 0 Å². The Morgan fingerprint density at radius 2 is 1.60 bits per heavy atom. The third-order valence-electron chi connectivity index (χ3n) is 3.81. The number of hydrogen-bond donors (Lipinski definition) is 1. The maximum Gasteiger partial charge on any atom is 0.163 e. The van der Waals surface area contributed by atoms with E-state index in [1.54, 1.807) is 14.2 Å². The van der Waals surface area contributed by atoms with Crippen LogP contribution in [-0.2, 0) is 0 Å². The Hall–Kier alpha value is -2.89. The van der Waals surface area contributed by atoms with E-state index in [0.29, 0.717) is 24.7 Å². The maximum absolute atomic E-state index is 5.77. The number of hydrogen-bond acceptors (Lipinski definition) is 5. The molecule has 0 aliphatic heterocycles. The molecule has 0 amide bonds. The minimum atomic E-state index is 0.560. The summed E-state index contributed by atoms with van der Waals surface area (Å²) < 4.78 is 22.0. The SMILES string of the molecule is CCOc1ccc(-c2nc3cc(OC)c(OC)cc3[nH]2)c(OCC)c1. The Morgan fingerprint density at radius 1 is 0.880 bits per heavy atom. The number of fused-ring (bicyclic) bond motifs is 1. The summed E-state index contributed by atoms with van der Waals surface area (Å²) in [5, 5.41) is 0. The van der Waals surface area contributed by atoms with Crippen LogP contribution in [0.2, 0.25) is 0 Å². The highest BCUT2D eigenvalue weighted by Crippen LogP contribution is 2.36.